The maximum absolute atomic E-state index is 12.8. The van der Waals surface area contributed by atoms with Crippen LogP contribution in [-0.4, -0.2) is 90.5 Å². The third kappa shape index (κ3) is 7.67. The van der Waals surface area contributed by atoms with Crippen LogP contribution in [0.5, 0.6) is 0 Å². The monoisotopic (exact) mass is 554 g/mol. The second kappa shape index (κ2) is 14.0. The third-order valence-corrected chi connectivity index (χ3v) is 7.10. The maximum atomic E-state index is 12.8. The fourth-order valence-corrected chi connectivity index (χ4v) is 4.60. The van der Waals surface area contributed by atoms with Crippen molar-refractivity contribution in [2.24, 2.45) is 11.8 Å². The lowest BCUT2D eigenvalue weighted by Crippen LogP contribution is -2.60. The fourth-order valence-electron chi connectivity index (χ4n) is 4.60. The average Bonchev–Trinajstić information content (AvgIpc) is 2.91. The summed E-state index contributed by atoms with van der Waals surface area (Å²) in [6.45, 7) is 5.04. The predicted octanol–water partition coefficient (Wildman–Crippen LogP) is 1.03. The van der Waals surface area contributed by atoms with Crippen LogP contribution in [0.1, 0.15) is 46.5 Å². The highest BCUT2D eigenvalue weighted by Crippen LogP contribution is 2.36. The van der Waals surface area contributed by atoms with Crippen LogP contribution in [0, 0.1) is 11.8 Å². The van der Waals surface area contributed by atoms with E-state index in [1.54, 1.807) is 26.0 Å². The zero-order valence-corrected chi connectivity index (χ0v) is 22.6. The van der Waals surface area contributed by atoms with Gasteiger partial charge in [0.05, 0.1) is 32.0 Å². The molecule has 12 heteroatoms. The van der Waals surface area contributed by atoms with Crippen molar-refractivity contribution in [1.82, 2.24) is 0 Å². The van der Waals surface area contributed by atoms with E-state index in [4.69, 9.17) is 28.4 Å². The van der Waals surface area contributed by atoms with E-state index in [1.807, 2.05) is 6.92 Å². The van der Waals surface area contributed by atoms with Gasteiger partial charge in [0.1, 0.15) is 31.0 Å². The number of methoxy groups -OCH3 is 1. The Kier molecular flexibility index (Phi) is 11.1. The van der Waals surface area contributed by atoms with Gasteiger partial charge < -0.3 is 43.7 Å². The van der Waals surface area contributed by atoms with Gasteiger partial charge >= 0.3 is 17.9 Å². The summed E-state index contributed by atoms with van der Waals surface area (Å²) in [5.41, 5.74) is 0.803. The number of fused-ring (bicyclic) bond motifs is 4. The molecule has 8 atom stereocenters. The molecule has 0 spiro atoms. The summed E-state index contributed by atoms with van der Waals surface area (Å²) in [6.07, 6.45) is -2.72. The standard InChI is InChI=1S/C27H38O12/c1-5-16-17-11-20(28)35-10-9-14(2)7-6-8-15(3)24(32)36-13-19-21(29)22(30)23(31)27(38-19)39-26(16)37-12-18(17)25(33)34-4/h5,8,12,14,17,19,21-23,26-27,29-31H,6-7,9-11,13H2,1-4H3/b15-8+,16-5+/t14-,17+,19-,21-,22+,23-,26+,27+/m1/s1. The van der Waals surface area contributed by atoms with Crippen LogP contribution in [-0.2, 0) is 42.8 Å². The summed E-state index contributed by atoms with van der Waals surface area (Å²) >= 11 is 0. The molecule has 0 aromatic rings. The molecular formula is C27H38O12. The van der Waals surface area contributed by atoms with Crippen LogP contribution < -0.4 is 0 Å². The second-order valence-corrected chi connectivity index (χ2v) is 9.91. The van der Waals surface area contributed by atoms with Gasteiger partial charge in [0.2, 0.25) is 6.29 Å². The van der Waals surface area contributed by atoms with Crippen molar-refractivity contribution >= 4 is 17.9 Å². The first kappa shape index (κ1) is 30.8. The Hall–Kier alpha value is -2.77. The molecule has 3 N–H and O–H groups in total. The minimum absolute atomic E-state index is 0.0745. The lowest BCUT2D eigenvalue weighted by molar-refractivity contribution is -0.328. The number of rotatable bonds is 1. The highest BCUT2D eigenvalue weighted by atomic mass is 16.8. The van der Waals surface area contributed by atoms with Crippen LogP contribution in [0.3, 0.4) is 0 Å². The van der Waals surface area contributed by atoms with Crippen LogP contribution in [0.25, 0.3) is 0 Å². The first-order chi connectivity index (χ1) is 18.6. The van der Waals surface area contributed by atoms with Gasteiger partial charge in [-0.25, -0.2) is 9.59 Å². The number of esters is 3. The summed E-state index contributed by atoms with van der Waals surface area (Å²) < 4.78 is 32.7. The van der Waals surface area contributed by atoms with E-state index in [2.05, 4.69) is 0 Å². The lowest BCUT2D eigenvalue weighted by atomic mass is 9.86. The normalized spacial score (nSPS) is 37.8. The number of aliphatic hydroxyl groups excluding tert-OH is 3. The summed E-state index contributed by atoms with van der Waals surface area (Å²) in [5.74, 6) is -2.47. The van der Waals surface area contributed by atoms with Gasteiger partial charge in [-0.1, -0.05) is 19.1 Å². The summed E-state index contributed by atoms with van der Waals surface area (Å²) in [5, 5.41) is 31.4. The Balaban J connectivity index is 1.91. The molecule has 1 saturated heterocycles. The minimum Gasteiger partial charge on any atom is -0.468 e. The smallest absolute Gasteiger partial charge is 0.337 e. The van der Waals surface area contributed by atoms with E-state index >= 15 is 0 Å². The molecule has 218 valence electrons. The van der Waals surface area contributed by atoms with Gasteiger partial charge in [-0.15, -0.1) is 0 Å². The quantitative estimate of drug-likeness (QED) is 0.240. The third-order valence-electron chi connectivity index (χ3n) is 7.10. The molecule has 3 aliphatic heterocycles. The van der Waals surface area contributed by atoms with Crippen LogP contribution in [0.4, 0.5) is 0 Å². The van der Waals surface area contributed by atoms with E-state index in [1.165, 1.54) is 7.11 Å². The highest BCUT2D eigenvalue weighted by molar-refractivity contribution is 5.90. The Labute approximate surface area is 227 Å². The minimum atomic E-state index is -1.69. The Morgan fingerprint density at radius 2 is 1.82 bits per heavy atom. The molecule has 39 heavy (non-hydrogen) atoms. The lowest BCUT2D eigenvalue weighted by Gasteiger charge is -2.42. The number of ether oxygens (including phenoxy) is 6. The zero-order chi connectivity index (χ0) is 28.7. The van der Waals surface area contributed by atoms with Gasteiger partial charge in [-0.2, -0.15) is 0 Å². The number of allylic oxidation sites excluding steroid dienone is 2. The second-order valence-electron chi connectivity index (χ2n) is 9.91. The maximum Gasteiger partial charge on any atom is 0.337 e. The van der Waals surface area contributed by atoms with Gasteiger partial charge in [0.25, 0.3) is 0 Å². The van der Waals surface area contributed by atoms with Crippen molar-refractivity contribution in [2.75, 3.05) is 20.3 Å². The highest BCUT2D eigenvalue weighted by Gasteiger charge is 2.47. The van der Waals surface area contributed by atoms with Crippen molar-refractivity contribution in [3.8, 4) is 0 Å². The Morgan fingerprint density at radius 1 is 1.08 bits per heavy atom. The Morgan fingerprint density at radius 3 is 2.51 bits per heavy atom. The van der Waals surface area contributed by atoms with Gasteiger partial charge in [0.15, 0.2) is 6.29 Å². The number of hydrogen-bond acceptors (Lipinski definition) is 12. The van der Waals surface area contributed by atoms with E-state index < -0.39 is 67.4 Å². The SMILES string of the molecule is C/C=C1/[C@H]2OC=C(C(=O)OC)[C@H]1CC(=O)OCC[C@H](C)CC/C=C(\C)C(=O)OC[C@H]1O[C@@H](O2)[C@H](O)[C@@H](O)[C@@H]1O. The number of hydrogen-bond donors (Lipinski definition) is 3. The molecule has 1 fully saturated rings. The molecule has 3 aliphatic rings. The van der Waals surface area contributed by atoms with Gasteiger partial charge in [-0.3, -0.25) is 4.79 Å². The van der Waals surface area contributed by atoms with Crippen molar-refractivity contribution < 1.29 is 58.1 Å². The molecule has 0 radical (unpaired) electrons. The molecule has 3 heterocycles. The molecule has 0 saturated carbocycles. The van der Waals surface area contributed by atoms with Crippen LogP contribution in [0.15, 0.2) is 35.1 Å². The largest absolute Gasteiger partial charge is 0.468 e. The Bertz CT molecular complexity index is 985. The summed E-state index contributed by atoms with van der Waals surface area (Å²) in [4.78, 5) is 37.7. The first-order valence-electron chi connectivity index (χ1n) is 13.0. The molecule has 0 aromatic carbocycles. The molecule has 0 aliphatic carbocycles. The van der Waals surface area contributed by atoms with E-state index in [9.17, 15) is 29.7 Å². The van der Waals surface area contributed by atoms with E-state index in [0.29, 0.717) is 24.0 Å². The number of cyclic esters (lactones) is 2. The van der Waals surface area contributed by atoms with Crippen molar-refractivity contribution in [2.45, 2.75) is 83.5 Å². The average molecular weight is 555 g/mol. The van der Waals surface area contributed by atoms with Crippen LogP contribution >= 0.6 is 0 Å². The first-order valence-corrected chi connectivity index (χ1v) is 13.0. The molecule has 12 nitrogen and oxygen atoms in total. The number of carbonyl (C=O) groups excluding carboxylic acids is 3. The molecular weight excluding hydrogens is 516 g/mol. The number of carbonyl (C=O) groups is 3. The molecule has 4 bridgehead atoms. The fraction of sp³-hybridized carbons (Fsp3) is 0.667. The van der Waals surface area contributed by atoms with Crippen LogP contribution in [0.2, 0.25) is 0 Å². The molecule has 0 unspecified atom stereocenters. The van der Waals surface area contributed by atoms with Crippen molar-refractivity contribution in [3.63, 3.8) is 0 Å². The number of aliphatic hydroxyl groups is 3. The molecule has 3 rings (SSSR count). The molecule has 0 amide bonds. The van der Waals surface area contributed by atoms with E-state index in [-0.39, 0.29) is 24.5 Å². The predicted molar refractivity (Wildman–Crippen MR) is 133 cm³/mol. The van der Waals surface area contributed by atoms with Gasteiger partial charge in [0, 0.05) is 17.1 Å². The topological polar surface area (TPSA) is 167 Å². The van der Waals surface area contributed by atoms with E-state index in [0.717, 1.165) is 12.7 Å². The van der Waals surface area contributed by atoms with Crippen molar-refractivity contribution in [3.05, 3.63) is 35.1 Å². The summed E-state index contributed by atoms with van der Waals surface area (Å²) in [7, 11) is 1.20. The van der Waals surface area contributed by atoms with Gasteiger partial charge in [-0.05, 0) is 39.0 Å². The summed E-state index contributed by atoms with van der Waals surface area (Å²) in [6, 6.07) is 0. The van der Waals surface area contributed by atoms with Crippen molar-refractivity contribution in [1.29, 1.82) is 0 Å². The molecule has 0 aromatic heterocycles. The zero-order valence-electron chi connectivity index (χ0n) is 22.6.